The number of hydrogen-bond donors (Lipinski definition) is 1. The Kier molecular flexibility index (Phi) is 7.47. The zero-order valence-corrected chi connectivity index (χ0v) is 7.25. The maximum absolute atomic E-state index is 9.91. The van der Waals surface area contributed by atoms with Crippen LogP contribution in [0.15, 0.2) is 0 Å². The minimum atomic E-state index is -0.166. The molecule has 0 aromatic rings. The monoisotopic (exact) mass is 158 g/mol. The number of aliphatic hydroxyl groups is 1. The molecule has 11 heavy (non-hydrogen) atoms. The maximum atomic E-state index is 9.91. The van der Waals surface area contributed by atoms with Gasteiger partial charge in [0.1, 0.15) is 6.29 Å². The Hall–Kier alpha value is -0.370. The van der Waals surface area contributed by atoms with Crippen LogP contribution in [0.4, 0.5) is 0 Å². The first-order valence-electron chi connectivity index (χ1n) is 4.39. The number of carbonyl (C=O) groups excluding carboxylic acids is 1. The Balaban J connectivity index is 2.85. The first kappa shape index (κ1) is 10.6. The Morgan fingerprint density at radius 3 is 2.45 bits per heavy atom. The lowest BCUT2D eigenvalue weighted by atomic mass is 10.1. The van der Waals surface area contributed by atoms with Crippen LogP contribution in [0.1, 0.15) is 45.4 Å². The van der Waals surface area contributed by atoms with Crippen molar-refractivity contribution in [1.29, 1.82) is 0 Å². The van der Waals surface area contributed by atoms with Gasteiger partial charge in [-0.25, -0.2) is 0 Å². The number of aliphatic hydroxyl groups excluding tert-OH is 1. The lowest BCUT2D eigenvalue weighted by molar-refractivity contribution is -0.107. The van der Waals surface area contributed by atoms with Gasteiger partial charge in [-0.15, -0.1) is 0 Å². The normalized spacial score (nSPS) is 12.9. The molecule has 0 rings (SSSR count). The molecule has 0 saturated heterocycles. The van der Waals surface area contributed by atoms with E-state index in [2.05, 4.69) is 0 Å². The van der Waals surface area contributed by atoms with Crippen molar-refractivity contribution in [2.24, 2.45) is 0 Å². The number of hydrogen-bond acceptors (Lipinski definition) is 2. The number of aldehydes is 1. The third-order valence-electron chi connectivity index (χ3n) is 1.69. The molecule has 0 fully saturated rings. The largest absolute Gasteiger partial charge is 0.393 e. The SMILES string of the molecule is CC(O)CCCCCCC=O. The van der Waals surface area contributed by atoms with Gasteiger partial charge in [0.15, 0.2) is 0 Å². The lowest BCUT2D eigenvalue weighted by Crippen LogP contribution is -1.98. The third kappa shape index (κ3) is 9.63. The van der Waals surface area contributed by atoms with Crippen molar-refractivity contribution in [3.05, 3.63) is 0 Å². The molecule has 66 valence electrons. The Labute approximate surface area is 68.6 Å². The minimum Gasteiger partial charge on any atom is -0.393 e. The first-order chi connectivity index (χ1) is 5.27. The summed E-state index contributed by atoms with van der Waals surface area (Å²) in [6.45, 7) is 1.81. The molecule has 0 saturated carbocycles. The zero-order valence-electron chi connectivity index (χ0n) is 7.25. The molecule has 1 unspecified atom stereocenters. The van der Waals surface area contributed by atoms with Crippen LogP contribution in [0.25, 0.3) is 0 Å². The highest BCUT2D eigenvalue weighted by Gasteiger charge is 1.94. The van der Waals surface area contributed by atoms with Gasteiger partial charge in [-0.1, -0.05) is 19.3 Å². The maximum Gasteiger partial charge on any atom is 0.119 e. The average Bonchev–Trinajstić information content (AvgIpc) is 1.96. The fraction of sp³-hybridized carbons (Fsp3) is 0.889. The highest BCUT2D eigenvalue weighted by atomic mass is 16.3. The Morgan fingerprint density at radius 2 is 1.91 bits per heavy atom. The van der Waals surface area contributed by atoms with Gasteiger partial charge in [0.05, 0.1) is 6.10 Å². The highest BCUT2D eigenvalue weighted by Crippen LogP contribution is 2.05. The summed E-state index contributed by atoms with van der Waals surface area (Å²) in [5.74, 6) is 0. The molecule has 0 spiro atoms. The summed E-state index contributed by atoms with van der Waals surface area (Å²) in [5, 5.41) is 8.90. The van der Waals surface area contributed by atoms with Gasteiger partial charge in [0, 0.05) is 6.42 Å². The summed E-state index contributed by atoms with van der Waals surface area (Å²) in [4.78, 5) is 9.91. The molecular weight excluding hydrogens is 140 g/mol. The fourth-order valence-corrected chi connectivity index (χ4v) is 1.02. The van der Waals surface area contributed by atoms with Gasteiger partial charge >= 0.3 is 0 Å². The quantitative estimate of drug-likeness (QED) is 0.454. The third-order valence-corrected chi connectivity index (χ3v) is 1.69. The summed E-state index contributed by atoms with van der Waals surface area (Å²) in [6, 6.07) is 0. The van der Waals surface area contributed by atoms with Crippen molar-refractivity contribution in [2.45, 2.75) is 51.6 Å². The van der Waals surface area contributed by atoms with E-state index in [-0.39, 0.29) is 6.10 Å². The standard InChI is InChI=1S/C9H18O2/c1-9(11)7-5-3-2-4-6-8-10/h8-9,11H,2-7H2,1H3. The molecule has 0 heterocycles. The van der Waals surface area contributed by atoms with Crippen molar-refractivity contribution in [3.8, 4) is 0 Å². The summed E-state index contributed by atoms with van der Waals surface area (Å²) < 4.78 is 0. The van der Waals surface area contributed by atoms with Crippen molar-refractivity contribution >= 4 is 6.29 Å². The van der Waals surface area contributed by atoms with E-state index in [0.29, 0.717) is 6.42 Å². The van der Waals surface area contributed by atoms with E-state index in [1.165, 1.54) is 0 Å². The molecule has 1 N–H and O–H groups in total. The molecule has 2 heteroatoms. The summed E-state index contributed by atoms with van der Waals surface area (Å²) in [6.07, 6.45) is 6.72. The van der Waals surface area contributed by atoms with Crippen LogP contribution >= 0.6 is 0 Å². The van der Waals surface area contributed by atoms with Crippen LogP contribution in [0.5, 0.6) is 0 Å². The van der Waals surface area contributed by atoms with E-state index in [0.717, 1.165) is 38.4 Å². The van der Waals surface area contributed by atoms with Gasteiger partial charge in [-0.2, -0.15) is 0 Å². The van der Waals surface area contributed by atoms with Gasteiger partial charge in [-0.05, 0) is 19.8 Å². The predicted molar refractivity (Wildman–Crippen MR) is 45.4 cm³/mol. The average molecular weight is 158 g/mol. The molecule has 0 aromatic heterocycles. The second-order valence-corrected chi connectivity index (χ2v) is 3.01. The minimum absolute atomic E-state index is 0.166. The van der Waals surface area contributed by atoms with Crippen LogP contribution < -0.4 is 0 Å². The van der Waals surface area contributed by atoms with E-state index in [1.54, 1.807) is 0 Å². The highest BCUT2D eigenvalue weighted by molar-refractivity contribution is 5.48. The van der Waals surface area contributed by atoms with E-state index in [1.807, 2.05) is 6.92 Å². The van der Waals surface area contributed by atoms with Crippen molar-refractivity contribution in [3.63, 3.8) is 0 Å². The summed E-state index contributed by atoms with van der Waals surface area (Å²) >= 11 is 0. The molecular formula is C9H18O2. The van der Waals surface area contributed by atoms with Crippen molar-refractivity contribution < 1.29 is 9.90 Å². The van der Waals surface area contributed by atoms with Gasteiger partial charge in [0.25, 0.3) is 0 Å². The van der Waals surface area contributed by atoms with E-state index in [4.69, 9.17) is 5.11 Å². The Morgan fingerprint density at radius 1 is 1.27 bits per heavy atom. The second-order valence-electron chi connectivity index (χ2n) is 3.01. The topological polar surface area (TPSA) is 37.3 Å². The number of unbranched alkanes of at least 4 members (excludes halogenated alkanes) is 4. The van der Waals surface area contributed by atoms with Crippen LogP contribution in [0.2, 0.25) is 0 Å². The van der Waals surface area contributed by atoms with E-state index in [9.17, 15) is 4.79 Å². The number of rotatable bonds is 7. The molecule has 0 aliphatic carbocycles. The fourth-order valence-electron chi connectivity index (χ4n) is 1.02. The van der Waals surface area contributed by atoms with Crippen LogP contribution in [0.3, 0.4) is 0 Å². The molecule has 2 nitrogen and oxygen atoms in total. The van der Waals surface area contributed by atoms with E-state index >= 15 is 0 Å². The van der Waals surface area contributed by atoms with Gasteiger partial charge < -0.3 is 9.90 Å². The number of carbonyl (C=O) groups is 1. The smallest absolute Gasteiger partial charge is 0.119 e. The summed E-state index contributed by atoms with van der Waals surface area (Å²) in [5.41, 5.74) is 0. The molecule has 0 aliphatic heterocycles. The molecule has 0 aromatic carbocycles. The first-order valence-corrected chi connectivity index (χ1v) is 4.39. The summed E-state index contributed by atoms with van der Waals surface area (Å²) in [7, 11) is 0. The molecule has 0 radical (unpaired) electrons. The Bertz CT molecular complexity index is 89.6. The molecule has 1 atom stereocenters. The molecule has 0 aliphatic rings. The van der Waals surface area contributed by atoms with Crippen LogP contribution in [-0.2, 0) is 4.79 Å². The van der Waals surface area contributed by atoms with E-state index < -0.39 is 0 Å². The second kappa shape index (κ2) is 7.73. The van der Waals surface area contributed by atoms with Crippen LogP contribution in [-0.4, -0.2) is 17.5 Å². The van der Waals surface area contributed by atoms with Gasteiger partial charge in [-0.3, -0.25) is 0 Å². The predicted octanol–water partition coefficient (Wildman–Crippen LogP) is 1.91. The lowest BCUT2D eigenvalue weighted by Gasteiger charge is -2.02. The van der Waals surface area contributed by atoms with Crippen molar-refractivity contribution in [2.75, 3.05) is 0 Å². The van der Waals surface area contributed by atoms with Gasteiger partial charge in [0.2, 0.25) is 0 Å². The molecule has 0 amide bonds. The zero-order chi connectivity index (χ0) is 8.53. The van der Waals surface area contributed by atoms with Crippen molar-refractivity contribution in [1.82, 2.24) is 0 Å². The molecule has 0 bridgehead atoms. The van der Waals surface area contributed by atoms with Crippen LogP contribution in [0, 0.1) is 0 Å².